The summed E-state index contributed by atoms with van der Waals surface area (Å²) < 4.78 is 1.83. The van der Waals surface area contributed by atoms with Gasteiger partial charge in [0.2, 0.25) is 5.95 Å². The number of nitrogens with zero attached hydrogens (tertiary/aromatic N) is 4. The van der Waals surface area contributed by atoms with Crippen LogP contribution in [0.4, 0.5) is 5.95 Å². The Morgan fingerprint density at radius 3 is 3.10 bits per heavy atom. The van der Waals surface area contributed by atoms with Crippen molar-refractivity contribution in [1.82, 2.24) is 19.5 Å². The van der Waals surface area contributed by atoms with Crippen molar-refractivity contribution in [1.29, 1.82) is 0 Å². The van der Waals surface area contributed by atoms with Gasteiger partial charge in [0.05, 0.1) is 0 Å². The van der Waals surface area contributed by atoms with E-state index in [4.69, 9.17) is 0 Å². The smallest absolute Gasteiger partial charge is 0.243 e. The molecule has 1 unspecified atom stereocenters. The van der Waals surface area contributed by atoms with Crippen molar-refractivity contribution in [2.24, 2.45) is 5.92 Å². The number of rotatable bonds is 4. The van der Waals surface area contributed by atoms with Crippen LogP contribution in [0.5, 0.6) is 0 Å². The lowest BCUT2D eigenvalue weighted by Gasteiger charge is -2.14. The van der Waals surface area contributed by atoms with Crippen LogP contribution >= 0.6 is 0 Å². The first-order valence-corrected chi connectivity index (χ1v) is 7.59. The Balaban J connectivity index is 1.38. The molecule has 0 spiro atoms. The van der Waals surface area contributed by atoms with Crippen molar-refractivity contribution in [3.05, 3.63) is 23.9 Å². The third-order valence-electron chi connectivity index (χ3n) is 4.42. The number of anilines is 1. The molecular formula is C15H21N5. The molecule has 2 aliphatic rings. The fraction of sp³-hybridized carbons (Fsp3) is 0.600. The molecule has 0 aromatic carbocycles. The maximum Gasteiger partial charge on any atom is 0.243 e. The second kappa shape index (κ2) is 4.74. The van der Waals surface area contributed by atoms with Gasteiger partial charge < -0.3 is 10.2 Å². The molecule has 1 N–H and O–H groups in total. The van der Waals surface area contributed by atoms with Gasteiger partial charge in [-0.3, -0.25) is 0 Å². The molecule has 20 heavy (non-hydrogen) atoms. The van der Waals surface area contributed by atoms with Crippen LogP contribution < -0.4 is 5.32 Å². The van der Waals surface area contributed by atoms with Crippen molar-refractivity contribution in [2.75, 3.05) is 25.0 Å². The minimum atomic E-state index is 0.740. The van der Waals surface area contributed by atoms with E-state index in [0.29, 0.717) is 0 Å². The molecule has 2 aromatic heterocycles. The minimum Gasteiger partial charge on any atom is -0.353 e. The van der Waals surface area contributed by atoms with Gasteiger partial charge in [-0.05, 0) is 56.3 Å². The van der Waals surface area contributed by atoms with Gasteiger partial charge >= 0.3 is 0 Å². The van der Waals surface area contributed by atoms with Gasteiger partial charge in [0.1, 0.15) is 0 Å². The lowest BCUT2D eigenvalue weighted by atomic mass is 10.1. The zero-order valence-electron chi connectivity index (χ0n) is 11.9. The lowest BCUT2D eigenvalue weighted by molar-refractivity contribution is 0.316. The van der Waals surface area contributed by atoms with E-state index in [0.717, 1.165) is 30.1 Å². The first kappa shape index (κ1) is 12.1. The van der Waals surface area contributed by atoms with E-state index >= 15 is 0 Å². The van der Waals surface area contributed by atoms with Gasteiger partial charge in [0.25, 0.3) is 0 Å². The predicted molar refractivity (Wildman–Crippen MR) is 78.9 cm³/mol. The summed E-state index contributed by atoms with van der Waals surface area (Å²) >= 11 is 0. The van der Waals surface area contributed by atoms with Gasteiger partial charge in [0, 0.05) is 25.3 Å². The topological polar surface area (TPSA) is 45.5 Å². The molecule has 1 aliphatic carbocycles. The van der Waals surface area contributed by atoms with Crippen LogP contribution in [0.3, 0.4) is 0 Å². The molecule has 0 bridgehead atoms. The third kappa shape index (κ3) is 2.38. The van der Waals surface area contributed by atoms with Gasteiger partial charge in [0.15, 0.2) is 5.65 Å². The number of hydrogen-bond donors (Lipinski definition) is 1. The number of fused-ring (bicyclic) bond motifs is 1. The molecule has 0 amide bonds. The molecule has 106 valence electrons. The van der Waals surface area contributed by atoms with E-state index in [-0.39, 0.29) is 0 Å². The minimum absolute atomic E-state index is 0.740. The number of aryl methyl sites for hydroxylation is 1. The van der Waals surface area contributed by atoms with E-state index in [2.05, 4.69) is 39.4 Å². The van der Waals surface area contributed by atoms with Crippen molar-refractivity contribution < 1.29 is 0 Å². The molecule has 2 fully saturated rings. The van der Waals surface area contributed by atoms with Gasteiger partial charge in [-0.2, -0.15) is 4.98 Å². The summed E-state index contributed by atoms with van der Waals surface area (Å²) in [5.74, 6) is 1.49. The second-order valence-electron chi connectivity index (χ2n) is 6.20. The Labute approximate surface area is 119 Å². The Morgan fingerprint density at radius 1 is 1.35 bits per heavy atom. The zero-order valence-corrected chi connectivity index (χ0v) is 11.9. The second-order valence-corrected chi connectivity index (χ2v) is 6.20. The number of nitrogens with one attached hydrogen (secondary N) is 1. The van der Waals surface area contributed by atoms with E-state index in [9.17, 15) is 0 Å². The summed E-state index contributed by atoms with van der Waals surface area (Å²) in [7, 11) is 0. The fourth-order valence-electron chi connectivity index (χ4n) is 3.09. The fourth-order valence-corrected chi connectivity index (χ4v) is 3.09. The maximum absolute atomic E-state index is 4.53. The molecule has 5 heteroatoms. The van der Waals surface area contributed by atoms with Gasteiger partial charge in [-0.1, -0.05) is 0 Å². The lowest BCUT2D eigenvalue weighted by Crippen LogP contribution is -2.25. The first-order chi connectivity index (χ1) is 9.78. The SMILES string of the molecule is Cc1ccn2nc(NCC3CCN(C4CC4)C3)nc2c1. The maximum atomic E-state index is 4.53. The van der Waals surface area contributed by atoms with Crippen molar-refractivity contribution in [3.8, 4) is 0 Å². The zero-order chi connectivity index (χ0) is 13.5. The van der Waals surface area contributed by atoms with Crippen LogP contribution in [0.1, 0.15) is 24.8 Å². The van der Waals surface area contributed by atoms with Crippen LogP contribution in [0, 0.1) is 12.8 Å². The molecular weight excluding hydrogens is 250 g/mol. The van der Waals surface area contributed by atoms with Crippen LogP contribution in [0.25, 0.3) is 5.65 Å². The number of aromatic nitrogens is 3. The molecule has 1 saturated heterocycles. The number of pyridine rings is 1. The summed E-state index contributed by atoms with van der Waals surface area (Å²) in [5.41, 5.74) is 2.13. The molecule has 4 rings (SSSR count). The van der Waals surface area contributed by atoms with Crippen molar-refractivity contribution in [2.45, 2.75) is 32.2 Å². The van der Waals surface area contributed by atoms with E-state index in [1.165, 1.54) is 37.9 Å². The van der Waals surface area contributed by atoms with Crippen LogP contribution in [0.2, 0.25) is 0 Å². The van der Waals surface area contributed by atoms with Crippen LogP contribution in [0.15, 0.2) is 18.3 Å². The summed E-state index contributed by atoms with van der Waals surface area (Å²) in [6.45, 7) is 5.57. The average molecular weight is 271 g/mol. The Kier molecular flexibility index (Phi) is 2.88. The van der Waals surface area contributed by atoms with E-state index in [1.807, 2.05) is 10.7 Å². The Morgan fingerprint density at radius 2 is 2.25 bits per heavy atom. The van der Waals surface area contributed by atoms with Gasteiger partial charge in [-0.25, -0.2) is 4.52 Å². The normalized spacial score (nSPS) is 23.6. The highest BCUT2D eigenvalue weighted by Gasteiger charge is 2.34. The molecule has 2 aromatic rings. The number of hydrogen-bond acceptors (Lipinski definition) is 4. The van der Waals surface area contributed by atoms with Crippen LogP contribution in [-0.2, 0) is 0 Å². The average Bonchev–Trinajstić information content (AvgIpc) is 3.04. The van der Waals surface area contributed by atoms with Crippen molar-refractivity contribution in [3.63, 3.8) is 0 Å². The summed E-state index contributed by atoms with van der Waals surface area (Å²) in [6.07, 6.45) is 6.09. The Hall–Kier alpha value is -1.62. The summed E-state index contributed by atoms with van der Waals surface area (Å²) in [6, 6.07) is 5.01. The van der Waals surface area contributed by atoms with Crippen molar-refractivity contribution >= 4 is 11.6 Å². The Bertz CT molecular complexity index is 616. The summed E-state index contributed by atoms with van der Waals surface area (Å²) in [4.78, 5) is 7.17. The molecule has 5 nitrogen and oxygen atoms in total. The first-order valence-electron chi connectivity index (χ1n) is 7.59. The third-order valence-corrected chi connectivity index (χ3v) is 4.42. The monoisotopic (exact) mass is 271 g/mol. The molecule has 0 radical (unpaired) electrons. The highest BCUT2D eigenvalue weighted by Crippen LogP contribution is 2.31. The largest absolute Gasteiger partial charge is 0.353 e. The molecule has 1 aliphatic heterocycles. The van der Waals surface area contributed by atoms with E-state index < -0.39 is 0 Å². The summed E-state index contributed by atoms with van der Waals surface area (Å²) in [5, 5.41) is 7.87. The highest BCUT2D eigenvalue weighted by molar-refractivity contribution is 5.45. The molecule has 1 atom stereocenters. The standard InChI is InChI=1S/C15H21N5/c1-11-4-7-20-14(8-11)17-15(18-20)16-9-12-5-6-19(10-12)13-2-3-13/h4,7-8,12-13H,2-3,5-6,9-10H2,1H3,(H,16,18). The van der Waals surface area contributed by atoms with Gasteiger partial charge in [-0.15, -0.1) is 5.10 Å². The highest BCUT2D eigenvalue weighted by atomic mass is 15.3. The van der Waals surface area contributed by atoms with E-state index in [1.54, 1.807) is 0 Å². The van der Waals surface area contributed by atoms with Crippen LogP contribution in [-0.4, -0.2) is 45.2 Å². The molecule has 1 saturated carbocycles. The number of likely N-dealkylation sites (tertiary alicyclic amines) is 1. The predicted octanol–water partition coefficient (Wildman–Crippen LogP) is 1.93. The molecule has 3 heterocycles. The quantitative estimate of drug-likeness (QED) is 0.923.